The molecule has 0 aliphatic carbocycles. The third-order valence-electron chi connectivity index (χ3n) is 0.465. The molecular weight excluding hydrogens is 106 g/mol. The summed E-state index contributed by atoms with van der Waals surface area (Å²) >= 11 is 0. The smallest absolute Gasteiger partial charge is 0.267 e. The van der Waals surface area contributed by atoms with Gasteiger partial charge in [0, 0.05) is 6.08 Å². The standard InChI is InChI=1S/C5H5NO2/c1-2-3-5(8)6-4-7/h2-3H,1H3/b3-2+. The monoisotopic (exact) mass is 111 g/mol. The fraction of sp³-hybridized carbons (Fsp3) is 0.200. The molecule has 0 fully saturated rings. The van der Waals surface area contributed by atoms with Crippen molar-refractivity contribution >= 4 is 12.0 Å². The Morgan fingerprint density at radius 2 is 2.38 bits per heavy atom. The molecule has 0 rings (SSSR count). The molecule has 0 N–H and O–H groups in total. The van der Waals surface area contributed by atoms with Crippen molar-refractivity contribution in [2.24, 2.45) is 4.99 Å². The van der Waals surface area contributed by atoms with Crippen molar-refractivity contribution in [3.8, 4) is 0 Å². The van der Waals surface area contributed by atoms with E-state index in [4.69, 9.17) is 0 Å². The number of nitrogens with zero attached hydrogens (tertiary/aromatic N) is 1. The van der Waals surface area contributed by atoms with E-state index in [1.165, 1.54) is 12.2 Å². The van der Waals surface area contributed by atoms with Crippen molar-refractivity contribution in [1.82, 2.24) is 0 Å². The molecule has 0 saturated carbocycles. The lowest BCUT2D eigenvalue weighted by Gasteiger charge is -1.70. The first-order chi connectivity index (χ1) is 3.81. The number of carbonyl (C=O) groups excluding carboxylic acids is 2. The summed E-state index contributed by atoms with van der Waals surface area (Å²) < 4.78 is 0. The summed E-state index contributed by atoms with van der Waals surface area (Å²) in [6.07, 6.45) is 3.82. The van der Waals surface area contributed by atoms with Gasteiger partial charge in [-0.15, -0.1) is 4.99 Å². The van der Waals surface area contributed by atoms with Gasteiger partial charge in [0.15, 0.2) is 0 Å². The van der Waals surface area contributed by atoms with Gasteiger partial charge in [-0.25, -0.2) is 4.79 Å². The fourth-order valence-corrected chi connectivity index (χ4v) is 0.225. The zero-order chi connectivity index (χ0) is 6.41. The van der Waals surface area contributed by atoms with Gasteiger partial charge < -0.3 is 0 Å². The van der Waals surface area contributed by atoms with Crippen LogP contribution >= 0.6 is 0 Å². The van der Waals surface area contributed by atoms with Gasteiger partial charge in [-0.2, -0.15) is 0 Å². The van der Waals surface area contributed by atoms with Gasteiger partial charge in [-0.1, -0.05) is 6.08 Å². The summed E-state index contributed by atoms with van der Waals surface area (Å²) in [6.45, 7) is 1.66. The van der Waals surface area contributed by atoms with Crippen LogP contribution in [0.2, 0.25) is 0 Å². The van der Waals surface area contributed by atoms with Crippen molar-refractivity contribution < 1.29 is 9.59 Å². The van der Waals surface area contributed by atoms with E-state index >= 15 is 0 Å². The molecular formula is C5H5NO2. The van der Waals surface area contributed by atoms with Crippen LogP contribution in [0.3, 0.4) is 0 Å². The summed E-state index contributed by atoms with van der Waals surface area (Å²) in [6, 6.07) is 0. The summed E-state index contributed by atoms with van der Waals surface area (Å²) in [5, 5.41) is 0. The Morgan fingerprint density at radius 3 is 2.75 bits per heavy atom. The van der Waals surface area contributed by atoms with Crippen LogP contribution < -0.4 is 0 Å². The highest BCUT2D eigenvalue weighted by Gasteiger charge is 1.83. The van der Waals surface area contributed by atoms with Crippen molar-refractivity contribution in [2.75, 3.05) is 0 Å². The molecule has 0 bridgehead atoms. The van der Waals surface area contributed by atoms with Gasteiger partial charge >= 0.3 is 0 Å². The molecule has 3 nitrogen and oxygen atoms in total. The molecule has 0 aliphatic heterocycles. The first-order valence-electron chi connectivity index (χ1n) is 2.05. The minimum atomic E-state index is -0.567. The van der Waals surface area contributed by atoms with Gasteiger partial charge in [0.1, 0.15) is 0 Å². The maximum atomic E-state index is 10.1. The Kier molecular flexibility index (Phi) is 3.36. The lowest BCUT2D eigenvalue weighted by Crippen LogP contribution is -1.82. The first kappa shape index (κ1) is 6.79. The Labute approximate surface area is 46.7 Å². The van der Waals surface area contributed by atoms with Gasteiger partial charge in [-0.05, 0) is 6.92 Å². The van der Waals surface area contributed by atoms with Crippen molar-refractivity contribution in [1.29, 1.82) is 0 Å². The van der Waals surface area contributed by atoms with Crippen LogP contribution in [0.25, 0.3) is 0 Å². The highest BCUT2D eigenvalue weighted by atomic mass is 16.2. The van der Waals surface area contributed by atoms with Crippen molar-refractivity contribution in [2.45, 2.75) is 6.92 Å². The topological polar surface area (TPSA) is 46.5 Å². The normalized spacial score (nSPS) is 8.62. The van der Waals surface area contributed by atoms with Crippen molar-refractivity contribution in [3.05, 3.63) is 12.2 Å². The fourth-order valence-electron chi connectivity index (χ4n) is 0.225. The molecule has 0 aliphatic rings. The quantitative estimate of drug-likeness (QED) is 0.280. The summed E-state index contributed by atoms with van der Waals surface area (Å²) in [5.41, 5.74) is 0. The van der Waals surface area contributed by atoms with Crippen LogP contribution in [0.4, 0.5) is 0 Å². The minimum absolute atomic E-state index is 0.567. The molecule has 0 aromatic rings. The van der Waals surface area contributed by atoms with Crippen LogP contribution in [0, 0.1) is 0 Å². The highest BCUT2D eigenvalue weighted by molar-refractivity contribution is 5.91. The van der Waals surface area contributed by atoms with E-state index in [2.05, 4.69) is 4.99 Å². The van der Waals surface area contributed by atoms with Crippen LogP contribution in [0.15, 0.2) is 17.1 Å². The number of amides is 1. The Morgan fingerprint density at radius 1 is 1.75 bits per heavy atom. The van der Waals surface area contributed by atoms with E-state index in [9.17, 15) is 9.59 Å². The zero-order valence-corrected chi connectivity index (χ0v) is 4.42. The second-order valence-electron chi connectivity index (χ2n) is 1.04. The molecule has 0 heterocycles. The van der Waals surface area contributed by atoms with Crippen LogP contribution in [-0.4, -0.2) is 12.0 Å². The average molecular weight is 111 g/mol. The van der Waals surface area contributed by atoms with Gasteiger partial charge in [0.25, 0.3) is 5.91 Å². The predicted molar refractivity (Wildman–Crippen MR) is 27.9 cm³/mol. The van der Waals surface area contributed by atoms with E-state index in [0.29, 0.717) is 0 Å². The van der Waals surface area contributed by atoms with Gasteiger partial charge in [0.05, 0.1) is 0 Å². The Bertz CT molecular complexity index is 154. The lowest BCUT2D eigenvalue weighted by molar-refractivity contribution is -0.113. The van der Waals surface area contributed by atoms with Gasteiger partial charge in [0.2, 0.25) is 6.08 Å². The second-order valence-corrected chi connectivity index (χ2v) is 1.04. The predicted octanol–water partition coefficient (Wildman–Crippen LogP) is 0.425. The number of hydrogen-bond donors (Lipinski definition) is 0. The largest absolute Gasteiger partial charge is 0.280 e. The minimum Gasteiger partial charge on any atom is -0.267 e. The number of isocyanates is 1. The summed E-state index contributed by atoms with van der Waals surface area (Å²) in [4.78, 5) is 22.3. The second kappa shape index (κ2) is 3.96. The molecule has 0 radical (unpaired) electrons. The number of rotatable bonds is 1. The molecule has 1 amide bonds. The summed E-state index contributed by atoms with van der Waals surface area (Å²) in [7, 11) is 0. The lowest BCUT2D eigenvalue weighted by atomic mass is 10.5. The van der Waals surface area contributed by atoms with Crippen LogP contribution in [-0.2, 0) is 9.59 Å². The van der Waals surface area contributed by atoms with E-state index in [0.717, 1.165) is 6.08 Å². The molecule has 3 heteroatoms. The molecule has 0 aromatic carbocycles. The third-order valence-corrected chi connectivity index (χ3v) is 0.465. The maximum absolute atomic E-state index is 10.1. The number of aliphatic imine (C=N–C) groups is 1. The SMILES string of the molecule is C/C=C/C(=O)N=C=O. The first-order valence-corrected chi connectivity index (χ1v) is 2.05. The average Bonchev–Trinajstić information content (AvgIpc) is 1.68. The zero-order valence-electron chi connectivity index (χ0n) is 4.42. The van der Waals surface area contributed by atoms with Crippen LogP contribution in [0.5, 0.6) is 0 Å². The number of allylic oxidation sites excluding steroid dienone is 1. The van der Waals surface area contributed by atoms with E-state index in [1.807, 2.05) is 0 Å². The van der Waals surface area contributed by atoms with Crippen LogP contribution in [0.1, 0.15) is 6.92 Å². The number of hydrogen-bond acceptors (Lipinski definition) is 2. The number of carbonyl (C=O) groups is 1. The molecule has 42 valence electrons. The maximum Gasteiger partial charge on any atom is 0.280 e. The summed E-state index contributed by atoms with van der Waals surface area (Å²) in [5.74, 6) is -0.567. The van der Waals surface area contributed by atoms with Crippen molar-refractivity contribution in [3.63, 3.8) is 0 Å². The Hall–Kier alpha value is -1.21. The van der Waals surface area contributed by atoms with E-state index in [-0.39, 0.29) is 0 Å². The van der Waals surface area contributed by atoms with Gasteiger partial charge in [-0.3, -0.25) is 4.79 Å². The molecule has 0 saturated heterocycles. The molecule has 0 spiro atoms. The third kappa shape index (κ3) is 3.00. The highest BCUT2D eigenvalue weighted by Crippen LogP contribution is 1.74. The van der Waals surface area contributed by atoms with E-state index < -0.39 is 5.91 Å². The molecule has 0 aromatic heterocycles. The van der Waals surface area contributed by atoms with E-state index in [1.54, 1.807) is 6.92 Å². The molecule has 8 heavy (non-hydrogen) atoms. The Balaban J connectivity index is 3.84. The molecule has 0 atom stereocenters. The molecule has 0 unspecified atom stereocenters.